The highest BCUT2D eigenvalue weighted by molar-refractivity contribution is 5.89. The molecule has 0 radical (unpaired) electrons. The summed E-state index contributed by atoms with van der Waals surface area (Å²) in [6.45, 7) is 2.47. The van der Waals surface area contributed by atoms with Gasteiger partial charge in [-0.2, -0.15) is 0 Å². The minimum Gasteiger partial charge on any atom is -0.508 e. The van der Waals surface area contributed by atoms with Gasteiger partial charge in [-0.15, -0.1) is 0 Å². The zero-order valence-electron chi connectivity index (χ0n) is 10.8. The van der Waals surface area contributed by atoms with Gasteiger partial charge < -0.3 is 9.84 Å². The van der Waals surface area contributed by atoms with Crippen LogP contribution < -0.4 is 0 Å². The van der Waals surface area contributed by atoms with Crippen molar-refractivity contribution < 1.29 is 14.6 Å². The summed E-state index contributed by atoms with van der Waals surface area (Å²) in [7, 11) is 0. The zero-order chi connectivity index (χ0) is 13.2. The molecule has 0 spiro atoms. The van der Waals surface area contributed by atoms with Crippen molar-refractivity contribution in [1.82, 2.24) is 0 Å². The summed E-state index contributed by atoms with van der Waals surface area (Å²) in [6, 6.07) is 6.03. The van der Waals surface area contributed by atoms with E-state index < -0.39 is 0 Å². The lowest BCUT2D eigenvalue weighted by Crippen LogP contribution is -2.04. The number of ether oxygens (including phenoxy) is 1. The van der Waals surface area contributed by atoms with Gasteiger partial charge in [0.1, 0.15) is 12.4 Å². The second kappa shape index (κ2) is 8.34. The maximum absolute atomic E-state index is 11.6. The number of phenols is 1. The average molecular weight is 248 g/mol. The highest BCUT2D eigenvalue weighted by Gasteiger charge is 2.04. The van der Waals surface area contributed by atoms with Crippen molar-refractivity contribution in [2.45, 2.75) is 32.6 Å². The molecule has 0 aliphatic carbocycles. The molecule has 1 aromatic carbocycles. The van der Waals surface area contributed by atoms with Crippen LogP contribution in [-0.2, 0) is 4.74 Å². The number of carbonyl (C=O) groups is 1. The third-order valence-corrected chi connectivity index (χ3v) is 2.55. The van der Waals surface area contributed by atoms with Crippen molar-refractivity contribution in [3.63, 3.8) is 0 Å². The number of hydrogen-bond acceptors (Lipinski definition) is 3. The van der Waals surface area contributed by atoms with Crippen LogP contribution >= 0.6 is 0 Å². The Morgan fingerprint density at radius 1 is 1.22 bits per heavy atom. The van der Waals surface area contributed by atoms with Gasteiger partial charge in [0.15, 0.2) is 0 Å². The number of phenolic OH excluding ortho intramolecular Hbond substituents is 1. The average Bonchev–Trinajstić information content (AvgIpc) is 2.38. The van der Waals surface area contributed by atoms with Crippen molar-refractivity contribution in [1.29, 1.82) is 0 Å². The number of aromatic hydroxyl groups is 1. The second-order valence-electron chi connectivity index (χ2n) is 4.11. The highest BCUT2D eigenvalue weighted by atomic mass is 16.5. The molecule has 1 rings (SSSR count). The quantitative estimate of drug-likeness (QED) is 0.455. The van der Waals surface area contributed by atoms with Crippen LogP contribution in [0.4, 0.5) is 0 Å². The first-order valence-corrected chi connectivity index (χ1v) is 6.35. The van der Waals surface area contributed by atoms with Gasteiger partial charge >= 0.3 is 5.97 Å². The van der Waals surface area contributed by atoms with Crippen LogP contribution in [0.5, 0.6) is 5.75 Å². The Labute approximate surface area is 108 Å². The first-order chi connectivity index (χ1) is 8.74. The molecule has 0 aliphatic rings. The summed E-state index contributed by atoms with van der Waals surface area (Å²) in [5, 5.41) is 9.09. The number of rotatable bonds is 7. The van der Waals surface area contributed by atoms with Crippen molar-refractivity contribution >= 4 is 5.97 Å². The minimum absolute atomic E-state index is 0.141. The predicted molar refractivity (Wildman–Crippen MR) is 71.7 cm³/mol. The van der Waals surface area contributed by atoms with Gasteiger partial charge in [-0.3, -0.25) is 0 Å². The standard InChI is InChI=1S/C15H20O3/c1-2-3-4-5-6-7-12-18-15(17)13-8-10-14(16)11-9-13/h6-11,16H,2-5,12H2,1H3/b7-6+. The van der Waals surface area contributed by atoms with E-state index in [4.69, 9.17) is 9.84 Å². The van der Waals surface area contributed by atoms with E-state index in [0.29, 0.717) is 12.2 Å². The first-order valence-electron chi connectivity index (χ1n) is 6.35. The van der Waals surface area contributed by atoms with E-state index in [1.54, 1.807) is 12.1 Å². The van der Waals surface area contributed by atoms with Crippen LogP contribution in [0.25, 0.3) is 0 Å². The lowest BCUT2D eigenvalue weighted by Gasteiger charge is -2.01. The maximum Gasteiger partial charge on any atom is 0.338 e. The van der Waals surface area contributed by atoms with Crippen molar-refractivity contribution in [3.05, 3.63) is 42.0 Å². The molecular weight excluding hydrogens is 228 g/mol. The monoisotopic (exact) mass is 248 g/mol. The molecule has 1 N–H and O–H groups in total. The molecule has 0 aromatic heterocycles. The van der Waals surface area contributed by atoms with Crippen LogP contribution in [-0.4, -0.2) is 17.7 Å². The molecule has 0 fully saturated rings. The molecule has 1 aromatic rings. The topological polar surface area (TPSA) is 46.5 Å². The summed E-state index contributed by atoms with van der Waals surface area (Å²) >= 11 is 0. The Morgan fingerprint density at radius 2 is 1.94 bits per heavy atom. The van der Waals surface area contributed by atoms with E-state index in [1.165, 1.54) is 31.4 Å². The van der Waals surface area contributed by atoms with Gasteiger partial charge in [-0.05, 0) is 37.1 Å². The van der Waals surface area contributed by atoms with Gasteiger partial charge in [-0.1, -0.05) is 31.9 Å². The van der Waals surface area contributed by atoms with Crippen LogP contribution in [0, 0.1) is 0 Å². The second-order valence-corrected chi connectivity index (χ2v) is 4.11. The number of allylic oxidation sites excluding steroid dienone is 1. The van der Waals surface area contributed by atoms with Crippen LogP contribution in [0.3, 0.4) is 0 Å². The van der Waals surface area contributed by atoms with Gasteiger partial charge in [0, 0.05) is 0 Å². The fourth-order valence-corrected chi connectivity index (χ4v) is 1.50. The first kappa shape index (κ1) is 14.3. The fourth-order valence-electron chi connectivity index (χ4n) is 1.50. The smallest absolute Gasteiger partial charge is 0.338 e. The molecule has 0 aliphatic heterocycles. The van der Waals surface area contributed by atoms with Crippen LogP contribution in [0.2, 0.25) is 0 Å². The minimum atomic E-state index is -0.367. The van der Waals surface area contributed by atoms with Gasteiger partial charge in [0.2, 0.25) is 0 Å². The van der Waals surface area contributed by atoms with Crippen LogP contribution in [0.15, 0.2) is 36.4 Å². The molecule has 0 amide bonds. The molecule has 0 saturated carbocycles. The lowest BCUT2D eigenvalue weighted by atomic mass is 10.2. The Balaban J connectivity index is 2.23. The van der Waals surface area contributed by atoms with Crippen molar-refractivity contribution in [3.8, 4) is 5.75 Å². The third kappa shape index (κ3) is 5.53. The molecule has 0 saturated heterocycles. The van der Waals surface area contributed by atoms with Gasteiger partial charge in [0.05, 0.1) is 5.56 Å². The van der Waals surface area contributed by atoms with E-state index in [-0.39, 0.29) is 11.7 Å². The highest BCUT2D eigenvalue weighted by Crippen LogP contribution is 2.10. The molecule has 0 bridgehead atoms. The molecule has 3 heteroatoms. The predicted octanol–water partition coefficient (Wildman–Crippen LogP) is 3.69. The van der Waals surface area contributed by atoms with Gasteiger partial charge in [0.25, 0.3) is 0 Å². The van der Waals surface area contributed by atoms with Gasteiger partial charge in [-0.25, -0.2) is 4.79 Å². The molecular formula is C15H20O3. The van der Waals surface area contributed by atoms with Crippen molar-refractivity contribution in [2.75, 3.05) is 6.61 Å². The number of benzene rings is 1. The van der Waals surface area contributed by atoms with Crippen LogP contribution in [0.1, 0.15) is 43.0 Å². The van der Waals surface area contributed by atoms with E-state index in [2.05, 4.69) is 6.92 Å². The zero-order valence-corrected chi connectivity index (χ0v) is 10.8. The normalized spacial score (nSPS) is 10.7. The third-order valence-electron chi connectivity index (χ3n) is 2.55. The van der Waals surface area contributed by atoms with E-state index in [1.807, 2.05) is 12.2 Å². The molecule has 0 atom stereocenters. The Kier molecular flexibility index (Phi) is 6.62. The SMILES string of the molecule is CCCCC/C=C/COC(=O)c1ccc(O)cc1. The molecule has 0 heterocycles. The molecule has 98 valence electrons. The maximum atomic E-state index is 11.6. The lowest BCUT2D eigenvalue weighted by molar-refractivity contribution is 0.0549. The van der Waals surface area contributed by atoms with E-state index >= 15 is 0 Å². The van der Waals surface area contributed by atoms with E-state index in [9.17, 15) is 4.79 Å². The van der Waals surface area contributed by atoms with Crippen molar-refractivity contribution in [2.24, 2.45) is 0 Å². The number of unbranched alkanes of at least 4 members (excludes halogenated alkanes) is 3. The molecule has 18 heavy (non-hydrogen) atoms. The Hall–Kier alpha value is -1.77. The summed E-state index contributed by atoms with van der Waals surface area (Å²) in [5.41, 5.74) is 0.451. The number of esters is 1. The summed E-state index contributed by atoms with van der Waals surface area (Å²) < 4.78 is 5.07. The molecule has 0 unspecified atom stereocenters. The summed E-state index contributed by atoms with van der Waals surface area (Å²) in [6.07, 6.45) is 8.57. The Morgan fingerprint density at radius 3 is 2.61 bits per heavy atom. The molecule has 3 nitrogen and oxygen atoms in total. The number of carbonyl (C=O) groups excluding carboxylic acids is 1. The van der Waals surface area contributed by atoms with E-state index in [0.717, 1.165) is 6.42 Å². The number of hydrogen-bond donors (Lipinski definition) is 1. The fraction of sp³-hybridized carbons (Fsp3) is 0.400. The largest absolute Gasteiger partial charge is 0.508 e. The Bertz CT molecular complexity index is 379. The summed E-state index contributed by atoms with van der Waals surface area (Å²) in [5.74, 6) is -0.226. The summed E-state index contributed by atoms with van der Waals surface area (Å²) in [4.78, 5) is 11.6.